The SMILES string of the molecule is Cc1cnc(-c2cccc(Nc3cccc(C4=CC=CCC4)c3)n2)s1. The number of nitrogens with zero attached hydrogens (tertiary/aromatic N) is 2. The van der Waals surface area contributed by atoms with Crippen LogP contribution in [0, 0.1) is 6.92 Å². The molecule has 0 aliphatic heterocycles. The van der Waals surface area contributed by atoms with Crippen LogP contribution >= 0.6 is 11.3 Å². The third kappa shape index (κ3) is 3.69. The van der Waals surface area contributed by atoms with Crippen molar-refractivity contribution >= 4 is 28.4 Å². The average molecular weight is 345 g/mol. The van der Waals surface area contributed by atoms with E-state index in [1.54, 1.807) is 11.3 Å². The monoisotopic (exact) mass is 345 g/mol. The zero-order valence-electron chi connectivity index (χ0n) is 14.1. The second kappa shape index (κ2) is 7.03. The highest BCUT2D eigenvalue weighted by Crippen LogP contribution is 2.28. The smallest absolute Gasteiger partial charge is 0.142 e. The van der Waals surface area contributed by atoms with Crippen LogP contribution in [0.5, 0.6) is 0 Å². The van der Waals surface area contributed by atoms with Crippen LogP contribution in [0.2, 0.25) is 0 Å². The van der Waals surface area contributed by atoms with Crippen molar-refractivity contribution in [3.63, 3.8) is 0 Å². The van der Waals surface area contributed by atoms with E-state index in [0.717, 1.165) is 35.0 Å². The van der Waals surface area contributed by atoms with Crippen molar-refractivity contribution in [3.05, 3.63) is 77.3 Å². The van der Waals surface area contributed by atoms with E-state index in [9.17, 15) is 0 Å². The van der Waals surface area contributed by atoms with Crippen molar-refractivity contribution in [3.8, 4) is 10.7 Å². The molecule has 2 heterocycles. The van der Waals surface area contributed by atoms with E-state index < -0.39 is 0 Å². The maximum atomic E-state index is 4.70. The van der Waals surface area contributed by atoms with Gasteiger partial charge in [0.15, 0.2) is 0 Å². The lowest BCUT2D eigenvalue weighted by Gasteiger charge is -2.12. The number of nitrogens with one attached hydrogen (secondary N) is 1. The summed E-state index contributed by atoms with van der Waals surface area (Å²) in [6.07, 6.45) is 10.6. The summed E-state index contributed by atoms with van der Waals surface area (Å²) in [6, 6.07) is 14.5. The molecule has 1 N–H and O–H groups in total. The molecule has 1 aliphatic rings. The lowest BCUT2D eigenvalue weighted by atomic mass is 9.97. The summed E-state index contributed by atoms with van der Waals surface area (Å²) in [5.41, 5.74) is 4.60. The molecule has 0 bridgehead atoms. The van der Waals surface area contributed by atoms with E-state index >= 15 is 0 Å². The van der Waals surface area contributed by atoms with Crippen LogP contribution < -0.4 is 5.32 Å². The molecule has 0 spiro atoms. The number of hydrogen-bond acceptors (Lipinski definition) is 4. The van der Waals surface area contributed by atoms with Crippen LogP contribution in [0.1, 0.15) is 23.3 Å². The first-order valence-electron chi connectivity index (χ1n) is 8.41. The second-order valence-electron chi connectivity index (χ2n) is 6.05. The lowest BCUT2D eigenvalue weighted by Crippen LogP contribution is -1.96. The number of benzene rings is 1. The molecule has 3 nitrogen and oxygen atoms in total. The highest BCUT2D eigenvalue weighted by Gasteiger charge is 2.07. The number of aromatic nitrogens is 2. The first kappa shape index (κ1) is 15.8. The van der Waals surface area contributed by atoms with Gasteiger partial charge in [-0.2, -0.15) is 0 Å². The van der Waals surface area contributed by atoms with Gasteiger partial charge in [0.05, 0.1) is 0 Å². The predicted molar refractivity (Wildman–Crippen MR) is 106 cm³/mol. The van der Waals surface area contributed by atoms with Crippen molar-refractivity contribution in [2.24, 2.45) is 0 Å². The van der Waals surface area contributed by atoms with Gasteiger partial charge in [-0.1, -0.05) is 36.4 Å². The fourth-order valence-electron chi connectivity index (χ4n) is 2.88. The van der Waals surface area contributed by atoms with E-state index in [4.69, 9.17) is 4.98 Å². The number of rotatable bonds is 4. The molecule has 0 saturated carbocycles. The van der Waals surface area contributed by atoms with Crippen LogP contribution in [0.15, 0.2) is 66.9 Å². The van der Waals surface area contributed by atoms with E-state index in [1.807, 2.05) is 24.4 Å². The molecule has 0 fully saturated rings. The first-order valence-corrected chi connectivity index (χ1v) is 9.22. The van der Waals surface area contributed by atoms with Crippen LogP contribution in [0.25, 0.3) is 16.3 Å². The summed E-state index contributed by atoms with van der Waals surface area (Å²) in [5.74, 6) is 0.833. The molecule has 0 atom stereocenters. The number of pyridine rings is 1. The minimum Gasteiger partial charge on any atom is -0.340 e. The molecule has 4 rings (SSSR count). The van der Waals surface area contributed by atoms with E-state index in [0.29, 0.717) is 0 Å². The molecule has 124 valence electrons. The first-order chi connectivity index (χ1) is 12.3. The Hall–Kier alpha value is -2.72. The Morgan fingerprint density at radius 2 is 2.04 bits per heavy atom. The summed E-state index contributed by atoms with van der Waals surface area (Å²) in [6.45, 7) is 2.06. The quantitative estimate of drug-likeness (QED) is 0.631. The van der Waals surface area contributed by atoms with Crippen molar-refractivity contribution < 1.29 is 0 Å². The van der Waals surface area contributed by atoms with Crippen molar-refractivity contribution in [1.29, 1.82) is 0 Å². The summed E-state index contributed by atoms with van der Waals surface area (Å²) in [4.78, 5) is 10.3. The third-order valence-electron chi connectivity index (χ3n) is 4.11. The number of hydrogen-bond donors (Lipinski definition) is 1. The van der Waals surface area contributed by atoms with Gasteiger partial charge in [-0.3, -0.25) is 0 Å². The van der Waals surface area contributed by atoms with Crippen LogP contribution in [-0.4, -0.2) is 9.97 Å². The molecular weight excluding hydrogens is 326 g/mol. The van der Waals surface area contributed by atoms with Gasteiger partial charge in [-0.15, -0.1) is 11.3 Å². The topological polar surface area (TPSA) is 37.8 Å². The summed E-state index contributed by atoms with van der Waals surface area (Å²) < 4.78 is 0. The standard InChI is InChI=1S/C21H19N3S/c1-15-14-22-21(25-15)19-11-6-12-20(24-19)23-18-10-5-9-17(13-18)16-7-3-2-4-8-16/h2-3,5-7,9-14H,4,8H2,1H3,(H,23,24). The molecule has 0 amide bonds. The van der Waals surface area contributed by atoms with Crippen molar-refractivity contribution in [2.45, 2.75) is 19.8 Å². The van der Waals surface area contributed by atoms with Gasteiger partial charge in [0, 0.05) is 16.8 Å². The highest BCUT2D eigenvalue weighted by atomic mass is 32.1. The summed E-state index contributed by atoms with van der Waals surface area (Å²) >= 11 is 1.66. The largest absolute Gasteiger partial charge is 0.340 e. The van der Waals surface area contributed by atoms with Gasteiger partial charge < -0.3 is 5.32 Å². The average Bonchev–Trinajstić information content (AvgIpc) is 3.09. The minimum atomic E-state index is 0.833. The Morgan fingerprint density at radius 1 is 1.12 bits per heavy atom. The fraction of sp³-hybridized carbons (Fsp3) is 0.143. The van der Waals surface area contributed by atoms with E-state index in [-0.39, 0.29) is 0 Å². The van der Waals surface area contributed by atoms with E-state index in [1.165, 1.54) is 16.0 Å². The van der Waals surface area contributed by atoms with Gasteiger partial charge in [-0.05, 0) is 55.2 Å². The van der Waals surface area contributed by atoms with Crippen LogP contribution in [0.4, 0.5) is 11.5 Å². The van der Waals surface area contributed by atoms with Crippen LogP contribution in [-0.2, 0) is 0 Å². The Bertz CT molecular complexity index is 953. The Labute approximate surface area is 151 Å². The zero-order valence-corrected chi connectivity index (χ0v) is 14.9. The van der Waals surface area contributed by atoms with Gasteiger partial charge in [-0.25, -0.2) is 9.97 Å². The van der Waals surface area contributed by atoms with Gasteiger partial charge in [0.1, 0.15) is 16.5 Å². The predicted octanol–water partition coefficient (Wildman–Crippen LogP) is 5.99. The highest BCUT2D eigenvalue weighted by molar-refractivity contribution is 7.14. The molecule has 0 saturated heterocycles. The number of anilines is 2. The molecule has 1 aliphatic carbocycles. The Morgan fingerprint density at radius 3 is 2.84 bits per heavy atom. The molecule has 4 heteroatoms. The van der Waals surface area contributed by atoms with Crippen molar-refractivity contribution in [1.82, 2.24) is 9.97 Å². The molecule has 25 heavy (non-hydrogen) atoms. The molecule has 2 aromatic heterocycles. The fourth-order valence-corrected chi connectivity index (χ4v) is 3.62. The molecular formula is C21H19N3S. The molecule has 3 aromatic rings. The van der Waals surface area contributed by atoms with Gasteiger partial charge in [0.2, 0.25) is 0 Å². The maximum absolute atomic E-state index is 4.70. The Kier molecular flexibility index (Phi) is 4.44. The van der Waals surface area contributed by atoms with Crippen molar-refractivity contribution in [2.75, 3.05) is 5.32 Å². The third-order valence-corrected chi connectivity index (χ3v) is 5.04. The number of thiazole rings is 1. The maximum Gasteiger partial charge on any atom is 0.142 e. The molecule has 0 radical (unpaired) electrons. The van der Waals surface area contributed by atoms with Gasteiger partial charge in [0.25, 0.3) is 0 Å². The molecule has 0 unspecified atom stereocenters. The zero-order chi connectivity index (χ0) is 17.1. The van der Waals surface area contributed by atoms with Gasteiger partial charge >= 0.3 is 0 Å². The van der Waals surface area contributed by atoms with Crippen LogP contribution in [0.3, 0.4) is 0 Å². The summed E-state index contributed by atoms with van der Waals surface area (Å²) in [5, 5.41) is 4.37. The minimum absolute atomic E-state index is 0.833. The summed E-state index contributed by atoms with van der Waals surface area (Å²) in [7, 11) is 0. The number of aryl methyl sites for hydroxylation is 1. The normalized spacial score (nSPS) is 13.6. The number of allylic oxidation sites excluding steroid dienone is 4. The lowest BCUT2D eigenvalue weighted by molar-refractivity contribution is 1.05. The Balaban J connectivity index is 1.58. The second-order valence-corrected chi connectivity index (χ2v) is 7.28. The van der Waals surface area contributed by atoms with E-state index in [2.05, 4.69) is 59.7 Å². The molecule has 1 aromatic carbocycles.